The molecule has 20 heavy (non-hydrogen) atoms. The molecule has 1 unspecified atom stereocenters. The zero-order valence-electron chi connectivity index (χ0n) is 11.7. The minimum atomic E-state index is 0.182. The van der Waals surface area contributed by atoms with Gasteiger partial charge in [0.2, 0.25) is 0 Å². The average Bonchev–Trinajstić information content (AvgIpc) is 2.41. The number of aromatic nitrogens is 1. The lowest BCUT2D eigenvalue weighted by Gasteiger charge is -2.19. The topological polar surface area (TPSA) is 24.9 Å². The van der Waals surface area contributed by atoms with E-state index in [1.54, 1.807) is 0 Å². The van der Waals surface area contributed by atoms with E-state index < -0.39 is 0 Å². The molecule has 0 amide bonds. The van der Waals surface area contributed by atoms with Gasteiger partial charge in [-0.3, -0.25) is 4.98 Å². The molecular formula is C16H18BrClN2. The van der Waals surface area contributed by atoms with E-state index in [2.05, 4.69) is 45.3 Å². The van der Waals surface area contributed by atoms with Crippen LogP contribution in [0.5, 0.6) is 0 Å². The first-order chi connectivity index (χ1) is 9.60. The number of benzene rings is 1. The van der Waals surface area contributed by atoms with Crippen LogP contribution in [0.2, 0.25) is 5.02 Å². The standard InChI is InChI=1S/C16H18BrClN2/c1-3-19-16(9-13-6-5-12(17)10-20-13)14-7-4-11(2)8-15(14)18/h4-8,10,16,19H,3,9H2,1-2H3. The van der Waals surface area contributed by atoms with E-state index in [4.69, 9.17) is 11.6 Å². The summed E-state index contributed by atoms with van der Waals surface area (Å²) >= 11 is 9.79. The largest absolute Gasteiger partial charge is 0.310 e. The first-order valence-electron chi connectivity index (χ1n) is 6.70. The van der Waals surface area contributed by atoms with E-state index in [0.717, 1.165) is 33.7 Å². The highest BCUT2D eigenvalue weighted by Crippen LogP contribution is 2.26. The molecule has 0 bridgehead atoms. The summed E-state index contributed by atoms with van der Waals surface area (Å²) in [6.45, 7) is 5.05. The Hall–Kier alpha value is -0.900. The Morgan fingerprint density at radius 1 is 1.30 bits per heavy atom. The third-order valence-electron chi connectivity index (χ3n) is 3.18. The van der Waals surface area contributed by atoms with Crippen molar-refractivity contribution >= 4 is 27.5 Å². The van der Waals surface area contributed by atoms with Crippen molar-refractivity contribution in [2.45, 2.75) is 26.3 Å². The molecule has 0 radical (unpaired) electrons. The van der Waals surface area contributed by atoms with E-state index >= 15 is 0 Å². The summed E-state index contributed by atoms with van der Waals surface area (Å²) in [6, 6.07) is 10.4. The fourth-order valence-corrected chi connectivity index (χ4v) is 2.79. The Kier molecular flexibility index (Phi) is 5.58. The summed E-state index contributed by atoms with van der Waals surface area (Å²) in [5, 5.41) is 4.30. The van der Waals surface area contributed by atoms with E-state index in [1.807, 2.05) is 31.3 Å². The minimum absolute atomic E-state index is 0.182. The number of pyridine rings is 1. The smallest absolute Gasteiger partial charge is 0.0456 e. The third kappa shape index (κ3) is 4.05. The molecule has 0 saturated carbocycles. The molecule has 2 aromatic rings. The van der Waals surface area contributed by atoms with Crippen molar-refractivity contribution in [1.29, 1.82) is 0 Å². The molecule has 0 aliphatic carbocycles. The summed E-state index contributed by atoms with van der Waals surface area (Å²) in [6.07, 6.45) is 2.65. The van der Waals surface area contributed by atoms with Crippen LogP contribution >= 0.6 is 27.5 Å². The number of halogens is 2. The number of hydrogen-bond acceptors (Lipinski definition) is 2. The van der Waals surface area contributed by atoms with Gasteiger partial charge in [-0.15, -0.1) is 0 Å². The molecule has 0 aliphatic heterocycles. The summed E-state index contributed by atoms with van der Waals surface area (Å²) in [5.74, 6) is 0. The molecule has 1 aromatic heterocycles. The Labute approximate surface area is 133 Å². The molecule has 106 valence electrons. The Morgan fingerprint density at radius 3 is 2.70 bits per heavy atom. The maximum absolute atomic E-state index is 6.38. The number of nitrogens with zero attached hydrogens (tertiary/aromatic N) is 1. The van der Waals surface area contributed by atoms with Crippen LogP contribution in [0.15, 0.2) is 41.0 Å². The summed E-state index contributed by atoms with van der Waals surface area (Å²) in [7, 11) is 0. The van der Waals surface area contributed by atoms with E-state index in [1.165, 1.54) is 5.56 Å². The van der Waals surface area contributed by atoms with Gasteiger partial charge in [0.15, 0.2) is 0 Å². The molecule has 1 atom stereocenters. The Morgan fingerprint density at radius 2 is 2.10 bits per heavy atom. The summed E-state index contributed by atoms with van der Waals surface area (Å²) in [5.41, 5.74) is 3.36. The van der Waals surface area contributed by atoms with E-state index in [-0.39, 0.29) is 6.04 Å². The summed E-state index contributed by atoms with van der Waals surface area (Å²) in [4.78, 5) is 4.44. The zero-order chi connectivity index (χ0) is 14.5. The molecule has 0 spiro atoms. The normalized spacial score (nSPS) is 12.4. The second-order valence-corrected chi connectivity index (χ2v) is 6.13. The predicted molar refractivity (Wildman–Crippen MR) is 88.2 cm³/mol. The van der Waals surface area contributed by atoms with Crippen LogP contribution in [0, 0.1) is 6.92 Å². The molecule has 1 heterocycles. The van der Waals surface area contributed by atoms with Gasteiger partial charge in [-0.05, 0) is 58.7 Å². The highest BCUT2D eigenvalue weighted by molar-refractivity contribution is 9.10. The van der Waals surface area contributed by atoms with Gasteiger partial charge in [-0.1, -0.05) is 30.7 Å². The molecular weight excluding hydrogens is 336 g/mol. The molecule has 0 aliphatic rings. The second-order valence-electron chi connectivity index (χ2n) is 4.81. The Balaban J connectivity index is 2.24. The van der Waals surface area contributed by atoms with Crippen LogP contribution in [0.3, 0.4) is 0 Å². The molecule has 4 heteroatoms. The lowest BCUT2D eigenvalue weighted by molar-refractivity contribution is 0.544. The van der Waals surface area contributed by atoms with Crippen molar-refractivity contribution in [2.24, 2.45) is 0 Å². The molecule has 0 saturated heterocycles. The molecule has 2 rings (SSSR count). The molecule has 2 nitrogen and oxygen atoms in total. The number of likely N-dealkylation sites (N-methyl/N-ethyl adjacent to an activating group) is 1. The van der Waals surface area contributed by atoms with E-state index in [9.17, 15) is 0 Å². The molecule has 0 fully saturated rings. The van der Waals surface area contributed by atoms with Crippen LogP contribution in [-0.2, 0) is 6.42 Å². The van der Waals surface area contributed by atoms with Crippen molar-refractivity contribution in [1.82, 2.24) is 10.3 Å². The first-order valence-corrected chi connectivity index (χ1v) is 7.87. The number of rotatable bonds is 5. The van der Waals surface area contributed by atoms with E-state index in [0.29, 0.717) is 0 Å². The van der Waals surface area contributed by atoms with Crippen molar-refractivity contribution in [2.75, 3.05) is 6.54 Å². The zero-order valence-corrected chi connectivity index (χ0v) is 14.0. The van der Waals surface area contributed by atoms with Gasteiger partial charge < -0.3 is 5.32 Å². The second kappa shape index (κ2) is 7.21. The lowest BCUT2D eigenvalue weighted by atomic mass is 10.00. The van der Waals surface area contributed by atoms with Gasteiger partial charge in [0.05, 0.1) is 0 Å². The molecule has 1 N–H and O–H groups in total. The predicted octanol–water partition coefficient (Wildman–Crippen LogP) is 4.70. The lowest BCUT2D eigenvalue weighted by Crippen LogP contribution is -2.23. The van der Waals surface area contributed by atoms with Crippen LogP contribution < -0.4 is 5.32 Å². The Bertz CT molecular complexity index is 569. The number of nitrogens with one attached hydrogen (secondary N) is 1. The monoisotopic (exact) mass is 352 g/mol. The maximum Gasteiger partial charge on any atom is 0.0456 e. The number of aryl methyl sites for hydroxylation is 1. The van der Waals surface area contributed by atoms with Crippen LogP contribution in [0.25, 0.3) is 0 Å². The highest BCUT2D eigenvalue weighted by Gasteiger charge is 2.15. The van der Waals surface area contributed by atoms with Crippen molar-refractivity contribution in [3.8, 4) is 0 Å². The van der Waals surface area contributed by atoms with Crippen molar-refractivity contribution in [3.05, 3.63) is 62.8 Å². The van der Waals surface area contributed by atoms with Crippen LogP contribution in [0.4, 0.5) is 0 Å². The van der Waals surface area contributed by atoms with Gasteiger partial charge in [-0.25, -0.2) is 0 Å². The van der Waals surface area contributed by atoms with Gasteiger partial charge in [0.25, 0.3) is 0 Å². The first kappa shape index (κ1) is 15.5. The van der Waals surface area contributed by atoms with Crippen LogP contribution in [0.1, 0.15) is 29.8 Å². The van der Waals surface area contributed by atoms with Crippen molar-refractivity contribution < 1.29 is 0 Å². The maximum atomic E-state index is 6.38. The minimum Gasteiger partial charge on any atom is -0.310 e. The van der Waals surface area contributed by atoms with Gasteiger partial charge in [-0.2, -0.15) is 0 Å². The SMILES string of the molecule is CCNC(Cc1ccc(Br)cn1)c1ccc(C)cc1Cl. The van der Waals surface area contributed by atoms with Crippen LogP contribution in [-0.4, -0.2) is 11.5 Å². The fraction of sp³-hybridized carbons (Fsp3) is 0.312. The average molecular weight is 354 g/mol. The van der Waals surface area contributed by atoms with Gasteiger partial charge >= 0.3 is 0 Å². The van der Waals surface area contributed by atoms with Gasteiger partial charge in [0.1, 0.15) is 0 Å². The fourth-order valence-electron chi connectivity index (χ4n) is 2.19. The third-order valence-corrected chi connectivity index (χ3v) is 3.98. The number of hydrogen-bond donors (Lipinski definition) is 1. The summed E-state index contributed by atoms with van der Waals surface area (Å²) < 4.78 is 0.995. The van der Waals surface area contributed by atoms with Crippen molar-refractivity contribution in [3.63, 3.8) is 0 Å². The van der Waals surface area contributed by atoms with Gasteiger partial charge in [0, 0.05) is 33.8 Å². The molecule has 1 aromatic carbocycles. The highest BCUT2D eigenvalue weighted by atomic mass is 79.9. The quantitative estimate of drug-likeness (QED) is 0.843.